The molecule has 36 heavy (non-hydrogen) atoms. The third-order valence-electron chi connectivity index (χ3n) is 6.54. The van der Waals surface area contributed by atoms with E-state index in [1.807, 2.05) is 32.0 Å². The van der Waals surface area contributed by atoms with Gasteiger partial charge in [0.15, 0.2) is 11.5 Å². The molecule has 1 amide bonds. The van der Waals surface area contributed by atoms with Crippen LogP contribution in [0.2, 0.25) is 10.0 Å². The van der Waals surface area contributed by atoms with Crippen molar-refractivity contribution in [3.05, 3.63) is 57.1 Å². The van der Waals surface area contributed by atoms with Crippen molar-refractivity contribution < 1.29 is 28.9 Å². The average molecular weight is 534 g/mol. The van der Waals surface area contributed by atoms with Gasteiger partial charge in [0.1, 0.15) is 16.5 Å². The van der Waals surface area contributed by atoms with Gasteiger partial charge in [0.25, 0.3) is 11.7 Å². The number of aliphatic hydroxyl groups is 1. The number of rotatable bonds is 7. The first-order valence-electron chi connectivity index (χ1n) is 11.9. The lowest BCUT2D eigenvalue weighted by Gasteiger charge is -2.31. The van der Waals surface area contributed by atoms with Crippen LogP contribution in [-0.4, -0.2) is 48.1 Å². The Morgan fingerprint density at radius 2 is 1.72 bits per heavy atom. The summed E-state index contributed by atoms with van der Waals surface area (Å²) < 4.78 is 16.6. The van der Waals surface area contributed by atoms with E-state index in [-0.39, 0.29) is 44.8 Å². The molecule has 1 aliphatic heterocycles. The number of amides is 1. The van der Waals surface area contributed by atoms with Gasteiger partial charge in [-0.1, -0.05) is 48.2 Å². The fraction of sp³-hybridized carbons (Fsp3) is 0.407. The van der Waals surface area contributed by atoms with E-state index in [2.05, 4.69) is 0 Å². The number of carbonyl (C=O) groups excluding carboxylic acids is 2. The van der Waals surface area contributed by atoms with E-state index < -0.39 is 23.5 Å². The number of benzene rings is 2. The number of aliphatic hydroxyl groups excluding tert-OH is 1. The highest BCUT2D eigenvalue weighted by molar-refractivity contribution is 6.47. The molecule has 2 aliphatic rings. The lowest BCUT2D eigenvalue weighted by atomic mass is 9.94. The molecule has 1 heterocycles. The van der Waals surface area contributed by atoms with Crippen LogP contribution in [0.5, 0.6) is 17.2 Å². The first-order valence-corrected chi connectivity index (χ1v) is 12.6. The normalized spacial score (nSPS) is 19.9. The molecule has 1 saturated heterocycles. The number of methoxy groups -OCH3 is 2. The van der Waals surface area contributed by atoms with Gasteiger partial charge in [-0.15, -0.1) is 0 Å². The Labute approximate surface area is 220 Å². The lowest BCUT2D eigenvalue weighted by Crippen LogP contribution is -2.37. The van der Waals surface area contributed by atoms with Crippen molar-refractivity contribution in [1.29, 1.82) is 0 Å². The molecule has 0 radical (unpaired) electrons. The Hall–Kier alpha value is -2.90. The molecule has 2 aromatic rings. The van der Waals surface area contributed by atoms with Crippen molar-refractivity contribution in [3.8, 4) is 17.2 Å². The van der Waals surface area contributed by atoms with Gasteiger partial charge in [-0.3, -0.25) is 9.59 Å². The van der Waals surface area contributed by atoms with Crippen molar-refractivity contribution in [2.75, 3.05) is 14.2 Å². The van der Waals surface area contributed by atoms with Gasteiger partial charge in [0.05, 0.1) is 42.5 Å². The van der Waals surface area contributed by atoms with E-state index in [0.717, 1.165) is 25.7 Å². The molecule has 2 aromatic carbocycles. The van der Waals surface area contributed by atoms with Gasteiger partial charge >= 0.3 is 0 Å². The summed E-state index contributed by atoms with van der Waals surface area (Å²) in [6.07, 6.45) is 3.45. The zero-order chi connectivity index (χ0) is 26.1. The number of hydrogen-bond donors (Lipinski definition) is 1. The summed E-state index contributed by atoms with van der Waals surface area (Å²) >= 11 is 12.8. The quantitative estimate of drug-likeness (QED) is 0.260. The van der Waals surface area contributed by atoms with E-state index in [1.165, 1.54) is 20.3 Å². The standard InChI is InChI=1S/C27H29Cl2NO6/c1-14(2)36-17-11-7-8-15(12-17)22-20(24(32)27(33)30(22)16-9-5-6-10-16)23(31)18-13-19(28)26(35-4)21(29)25(18)34-3/h7-8,11-14,16,22,31H,5-6,9-10H2,1-4H3/b23-20+. The second-order valence-corrected chi connectivity index (χ2v) is 9.96. The molecule has 1 saturated carbocycles. The second-order valence-electron chi connectivity index (χ2n) is 9.17. The fourth-order valence-electron chi connectivity index (χ4n) is 5.06. The highest BCUT2D eigenvalue weighted by Gasteiger charge is 2.49. The molecule has 0 spiro atoms. The van der Waals surface area contributed by atoms with Crippen molar-refractivity contribution in [1.82, 2.24) is 4.90 Å². The molecule has 192 valence electrons. The minimum Gasteiger partial charge on any atom is -0.507 e. The van der Waals surface area contributed by atoms with Gasteiger partial charge in [-0.05, 0) is 50.5 Å². The Kier molecular flexibility index (Phi) is 7.71. The summed E-state index contributed by atoms with van der Waals surface area (Å²) in [5.74, 6) is -0.977. The molecular weight excluding hydrogens is 505 g/mol. The van der Waals surface area contributed by atoms with Crippen LogP contribution in [0, 0.1) is 0 Å². The van der Waals surface area contributed by atoms with Crippen molar-refractivity contribution in [3.63, 3.8) is 0 Å². The zero-order valence-corrected chi connectivity index (χ0v) is 22.2. The average Bonchev–Trinajstić information content (AvgIpc) is 3.45. The number of Topliss-reactive ketones (excluding diaryl/α,β-unsaturated/α-hetero) is 1. The highest BCUT2D eigenvalue weighted by Crippen LogP contribution is 2.48. The third kappa shape index (κ3) is 4.62. The third-order valence-corrected chi connectivity index (χ3v) is 7.16. The number of nitrogens with zero attached hydrogens (tertiary/aromatic N) is 1. The number of hydrogen-bond acceptors (Lipinski definition) is 6. The zero-order valence-electron chi connectivity index (χ0n) is 20.6. The molecule has 1 atom stereocenters. The summed E-state index contributed by atoms with van der Waals surface area (Å²) in [5, 5.41) is 11.7. The Balaban J connectivity index is 1.95. The monoisotopic (exact) mass is 533 g/mol. The minimum absolute atomic E-state index is 0.0444. The Morgan fingerprint density at radius 1 is 1.06 bits per heavy atom. The van der Waals surface area contributed by atoms with Crippen LogP contribution in [0.3, 0.4) is 0 Å². The first kappa shape index (κ1) is 26.2. The Bertz CT molecular complexity index is 1220. The molecule has 9 heteroatoms. The molecule has 1 N–H and O–H groups in total. The molecule has 1 aliphatic carbocycles. The number of likely N-dealkylation sites (tertiary alicyclic amines) is 1. The van der Waals surface area contributed by atoms with Crippen LogP contribution in [0.1, 0.15) is 56.7 Å². The molecule has 4 rings (SSSR count). The maximum Gasteiger partial charge on any atom is 0.295 e. The van der Waals surface area contributed by atoms with Crippen LogP contribution in [0.4, 0.5) is 0 Å². The van der Waals surface area contributed by atoms with Crippen LogP contribution in [-0.2, 0) is 9.59 Å². The van der Waals surface area contributed by atoms with Gasteiger partial charge in [-0.25, -0.2) is 0 Å². The summed E-state index contributed by atoms with van der Waals surface area (Å²) in [6, 6.07) is 7.74. The summed E-state index contributed by atoms with van der Waals surface area (Å²) in [4.78, 5) is 28.4. The number of halogens is 2. The van der Waals surface area contributed by atoms with E-state index in [0.29, 0.717) is 11.3 Å². The number of ether oxygens (including phenoxy) is 3. The summed E-state index contributed by atoms with van der Waals surface area (Å²) in [5.41, 5.74) is 0.701. The maximum atomic E-state index is 13.5. The van der Waals surface area contributed by atoms with E-state index in [9.17, 15) is 14.7 Å². The van der Waals surface area contributed by atoms with Crippen LogP contribution < -0.4 is 14.2 Å². The number of ketones is 1. The topological polar surface area (TPSA) is 85.3 Å². The molecule has 1 unspecified atom stereocenters. The van der Waals surface area contributed by atoms with Crippen LogP contribution >= 0.6 is 23.2 Å². The fourth-order valence-corrected chi connectivity index (χ4v) is 5.75. The van der Waals surface area contributed by atoms with E-state index >= 15 is 0 Å². The first-order chi connectivity index (χ1) is 17.2. The molecule has 0 bridgehead atoms. The molecule has 7 nitrogen and oxygen atoms in total. The van der Waals surface area contributed by atoms with Gasteiger partial charge in [0, 0.05) is 6.04 Å². The molecule has 0 aromatic heterocycles. The van der Waals surface area contributed by atoms with E-state index in [4.69, 9.17) is 37.4 Å². The van der Waals surface area contributed by atoms with Crippen molar-refractivity contribution in [2.45, 2.75) is 57.7 Å². The summed E-state index contributed by atoms with van der Waals surface area (Å²) in [6.45, 7) is 3.83. The van der Waals surface area contributed by atoms with Gasteiger partial charge in [-0.2, -0.15) is 0 Å². The molecular formula is C27H29Cl2NO6. The largest absolute Gasteiger partial charge is 0.507 e. The predicted molar refractivity (Wildman–Crippen MR) is 138 cm³/mol. The minimum atomic E-state index is -0.812. The van der Waals surface area contributed by atoms with Gasteiger partial charge < -0.3 is 24.2 Å². The number of carbonyl (C=O) groups is 2. The molecule has 2 fully saturated rings. The van der Waals surface area contributed by atoms with Crippen LogP contribution in [0.25, 0.3) is 5.76 Å². The highest BCUT2D eigenvalue weighted by atomic mass is 35.5. The lowest BCUT2D eigenvalue weighted by molar-refractivity contribution is -0.141. The summed E-state index contributed by atoms with van der Waals surface area (Å²) in [7, 11) is 2.79. The SMILES string of the molecule is COc1c(Cl)cc(/C(O)=C2\C(=O)C(=O)N(C3CCCC3)C2c2cccc(OC(C)C)c2)c(OC)c1Cl. The Morgan fingerprint density at radius 3 is 2.33 bits per heavy atom. The maximum absolute atomic E-state index is 13.5. The predicted octanol–water partition coefficient (Wildman–Crippen LogP) is 6.16. The second kappa shape index (κ2) is 10.6. The van der Waals surface area contributed by atoms with Crippen LogP contribution in [0.15, 0.2) is 35.9 Å². The smallest absolute Gasteiger partial charge is 0.295 e. The van der Waals surface area contributed by atoms with Gasteiger partial charge in [0.2, 0.25) is 0 Å². The van der Waals surface area contributed by atoms with Crippen molar-refractivity contribution in [2.24, 2.45) is 0 Å². The van der Waals surface area contributed by atoms with Crippen molar-refractivity contribution >= 4 is 40.7 Å². The van der Waals surface area contributed by atoms with E-state index in [1.54, 1.807) is 11.0 Å².